The predicted molar refractivity (Wildman–Crippen MR) is 231 cm³/mol. The van der Waals surface area contributed by atoms with E-state index < -0.39 is 0 Å². The molecule has 10 bridgehead atoms. The van der Waals surface area contributed by atoms with Crippen molar-refractivity contribution in [1.82, 2.24) is 0 Å². The molecule has 1 aliphatic carbocycles. The van der Waals surface area contributed by atoms with Gasteiger partial charge in [-0.2, -0.15) is 11.8 Å². The van der Waals surface area contributed by atoms with E-state index in [0.29, 0.717) is 46.7 Å². The highest BCUT2D eigenvalue weighted by molar-refractivity contribution is 8.00. The van der Waals surface area contributed by atoms with Crippen LogP contribution in [0.3, 0.4) is 0 Å². The molecule has 8 nitrogen and oxygen atoms in total. The fourth-order valence-corrected chi connectivity index (χ4v) is 13.9. The second-order valence-electron chi connectivity index (χ2n) is 19.0. The van der Waals surface area contributed by atoms with Gasteiger partial charge in [0.2, 0.25) is 0 Å². The molecule has 0 aromatic rings. The summed E-state index contributed by atoms with van der Waals surface area (Å²) in [6.45, 7) is 25.0. The van der Waals surface area contributed by atoms with Gasteiger partial charge in [0.25, 0.3) is 0 Å². The topological polar surface area (TPSA) is 73.8 Å². The monoisotopic (exact) mass is 803 g/mol. The molecule has 0 aromatic heterocycles. The first-order valence-electron chi connectivity index (χ1n) is 22.6. The number of hydrogen-bond acceptors (Lipinski definition) is 9. The molecule has 14 heteroatoms. The van der Waals surface area contributed by atoms with Gasteiger partial charge in [0.15, 0.2) is 0 Å². The Labute approximate surface area is 357 Å². The Bertz CT molecular complexity index is 1210. The van der Waals surface area contributed by atoms with Crippen molar-refractivity contribution < 1.29 is 37.9 Å². The van der Waals surface area contributed by atoms with Crippen LogP contribution < -0.4 is 0 Å². The van der Waals surface area contributed by atoms with Crippen LogP contribution in [0.15, 0.2) is 0 Å². The maximum atomic E-state index is 5.87. The largest absolute Gasteiger partial charge is 0.381 e. The minimum atomic E-state index is -0.206. The zero-order valence-electron chi connectivity index (χ0n) is 36.9. The first kappa shape index (κ1) is 46.8. The minimum Gasteiger partial charge on any atom is -0.381 e. The summed E-state index contributed by atoms with van der Waals surface area (Å²) in [4.78, 5) is 0. The summed E-state index contributed by atoms with van der Waals surface area (Å²) in [5.41, 5.74) is 0.146. The molecule has 20 atom stereocenters. The SMILES string of the molecule is [B][C@@H]1O[C@@]2(CC)CCO[C@H]1C2C.[B][C@@H]1O[C@@]2(CC)CC[C@H]1C2C.[B][C@@H]1O[C@@]2(CC)CO[C@H]1C2C.[B][C@@H]1O[C@@]2(CC)CS[C@H]1C2C.[B][C@@H]1O[C@]2(CC)COC[C@@H]1C2C. The molecule has 0 spiro atoms. The zero-order valence-corrected chi connectivity index (χ0v) is 37.7. The number of rotatable bonds is 5. The van der Waals surface area contributed by atoms with E-state index in [9.17, 15) is 0 Å². The van der Waals surface area contributed by atoms with Gasteiger partial charge >= 0.3 is 0 Å². The van der Waals surface area contributed by atoms with E-state index in [2.05, 4.69) is 69.2 Å². The highest BCUT2D eigenvalue weighted by Crippen LogP contribution is 2.54. The van der Waals surface area contributed by atoms with Crippen molar-refractivity contribution in [2.75, 3.05) is 32.2 Å². The Morgan fingerprint density at radius 2 is 0.965 bits per heavy atom. The molecule has 9 heterocycles. The van der Waals surface area contributed by atoms with Gasteiger partial charge in [0.05, 0.1) is 60.0 Å². The molecule has 9 saturated heterocycles. The highest BCUT2D eigenvalue weighted by atomic mass is 32.2. The quantitative estimate of drug-likeness (QED) is 0.319. The standard InChI is InChI=1S/2C9H15BO2.C9H15BO.C8H13BO2.C8H13BOS/c1-3-9-5-11-4-7(6(9)2)8(10)12-9;1-3-9-4-5-11-7(6(9)2)8(10)12-9;1-3-9-5-4-7(6(9)2)8(10)11-9;1-3-8-4-10-6(5(8)2)7(9)11-8;1-3-8-4-11-6(5(8)2)7(9)10-8/h2*6-8H,3-5H2,1-2H3;6-8H,3-5H2,1-2H3;2*5-7H,3-4H2,1-2H3/t6?,7-,8-,9-;2*6?,7-,8+,9-;2*5?,6-,7+,8-/m10000/s1. The lowest BCUT2D eigenvalue weighted by molar-refractivity contribution is -0.115. The molecule has 0 amide bonds. The summed E-state index contributed by atoms with van der Waals surface area (Å²) in [7, 11) is 29.1. The molecule has 0 aromatic carbocycles. The van der Waals surface area contributed by atoms with Crippen molar-refractivity contribution in [3.8, 4) is 0 Å². The van der Waals surface area contributed by atoms with E-state index >= 15 is 0 Å². The van der Waals surface area contributed by atoms with Gasteiger partial charge in [-0.05, 0) is 68.6 Å². The van der Waals surface area contributed by atoms with Crippen molar-refractivity contribution >= 4 is 51.0 Å². The number of thioether (sulfide) groups is 1. The Morgan fingerprint density at radius 1 is 0.491 bits per heavy atom. The van der Waals surface area contributed by atoms with Crippen molar-refractivity contribution in [1.29, 1.82) is 0 Å². The maximum Gasteiger partial charge on any atom is 0.112 e. The summed E-state index contributed by atoms with van der Waals surface area (Å²) >= 11 is 1.98. The lowest BCUT2D eigenvalue weighted by atomic mass is 9.74. The molecule has 312 valence electrons. The third-order valence-corrected chi connectivity index (χ3v) is 18.7. The van der Waals surface area contributed by atoms with Gasteiger partial charge in [0, 0.05) is 71.8 Å². The molecule has 1 saturated carbocycles. The lowest BCUT2D eigenvalue weighted by Crippen LogP contribution is -2.44. The van der Waals surface area contributed by atoms with E-state index in [1.54, 1.807) is 0 Å². The first-order valence-corrected chi connectivity index (χ1v) is 23.6. The Morgan fingerprint density at radius 3 is 1.37 bits per heavy atom. The van der Waals surface area contributed by atoms with Crippen LogP contribution in [0.1, 0.15) is 121 Å². The average molecular weight is 802 g/mol. The molecule has 10 fully saturated rings. The first-order chi connectivity index (χ1) is 27.0. The third-order valence-electron chi connectivity index (χ3n) is 17.0. The van der Waals surface area contributed by atoms with Crippen LogP contribution in [0, 0.1) is 41.4 Å². The number of ether oxygens (including phenoxy) is 8. The highest BCUT2D eigenvalue weighted by Gasteiger charge is 2.58. The van der Waals surface area contributed by atoms with Crippen molar-refractivity contribution in [2.45, 2.75) is 196 Å². The van der Waals surface area contributed by atoms with Gasteiger partial charge in [-0.25, -0.2) is 0 Å². The van der Waals surface area contributed by atoms with Crippen LogP contribution in [0.25, 0.3) is 0 Å². The maximum absolute atomic E-state index is 5.87. The second-order valence-corrected chi connectivity index (χ2v) is 20.1. The Kier molecular flexibility index (Phi) is 15.0. The van der Waals surface area contributed by atoms with Crippen molar-refractivity contribution in [3.05, 3.63) is 0 Å². The van der Waals surface area contributed by atoms with Gasteiger partial charge < -0.3 is 37.9 Å². The molecular formula is C43H71B5O8S. The number of fused-ring (bicyclic) bond motifs is 10. The van der Waals surface area contributed by atoms with E-state index in [4.69, 9.17) is 77.1 Å². The van der Waals surface area contributed by atoms with Crippen molar-refractivity contribution in [3.63, 3.8) is 0 Å². The Hall–Kier alpha value is 0.355. The molecule has 10 aliphatic rings. The van der Waals surface area contributed by atoms with Gasteiger partial charge in [0.1, 0.15) is 39.2 Å². The molecule has 0 N–H and O–H groups in total. The third kappa shape index (κ3) is 8.22. The zero-order chi connectivity index (χ0) is 41.7. The van der Waals surface area contributed by atoms with Crippen LogP contribution in [0.2, 0.25) is 0 Å². The molecule has 10 rings (SSSR count). The summed E-state index contributed by atoms with van der Waals surface area (Å²) in [6.07, 6.45) is 9.02. The van der Waals surface area contributed by atoms with E-state index in [0.717, 1.165) is 70.7 Å². The molecule has 57 heavy (non-hydrogen) atoms. The second kappa shape index (κ2) is 18.2. The van der Waals surface area contributed by atoms with Gasteiger partial charge in [-0.3, -0.25) is 0 Å². The summed E-state index contributed by atoms with van der Waals surface area (Å²) in [5, 5.41) is 0.551. The van der Waals surface area contributed by atoms with Gasteiger partial charge in [-0.15, -0.1) is 0 Å². The average Bonchev–Trinajstić information content (AvgIpc) is 4.02. The predicted octanol–water partition coefficient (Wildman–Crippen LogP) is 5.84. The van der Waals surface area contributed by atoms with Crippen LogP contribution in [0.5, 0.6) is 0 Å². The fourth-order valence-electron chi connectivity index (χ4n) is 12.1. The lowest BCUT2D eigenvalue weighted by Gasteiger charge is -2.36. The smallest absolute Gasteiger partial charge is 0.112 e. The molecule has 10 radical (unpaired) electrons. The van der Waals surface area contributed by atoms with E-state index in [1.165, 1.54) is 12.8 Å². The minimum absolute atomic E-state index is 0.0105. The normalized spacial score (nSPS) is 54.2. The van der Waals surface area contributed by atoms with Crippen LogP contribution in [-0.2, 0) is 37.9 Å². The van der Waals surface area contributed by atoms with Crippen LogP contribution in [0.4, 0.5) is 0 Å². The molecule has 9 aliphatic heterocycles. The summed E-state index contributed by atoms with van der Waals surface area (Å²) < 4.78 is 45.4. The molecular weight excluding hydrogens is 731 g/mol. The van der Waals surface area contributed by atoms with Crippen LogP contribution in [-0.4, -0.2) is 147 Å². The number of hydrogen-bond donors (Lipinski definition) is 0. The Balaban J connectivity index is 0.000000120. The summed E-state index contributed by atoms with van der Waals surface area (Å²) in [5.74, 6) is 4.96. The van der Waals surface area contributed by atoms with Crippen molar-refractivity contribution in [2.24, 2.45) is 41.4 Å². The fraction of sp³-hybridized carbons (Fsp3) is 1.00. The van der Waals surface area contributed by atoms with E-state index in [1.807, 2.05) is 11.8 Å². The van der Waals surface area contributed by atoms with E-state index in [-0.39, 0.29) is 70.2 Å². The van der Waals surface area contributed by atoms with Crippen LogP contribution >= 0.6 is 11.8 Å². The van der Waals surface area contributed by atoms with Gasteiger partial charge in [-0.1, -0.05) is 69.2 Å². The summed E-state index contributed by atoms with van der Waals surface area (Å²) in [6, 6.07) is -0.494. The molecule has 5 unspecified atom stereocenters.